The molecule has 0 rings (SSSR count). The largest absolute Gasteiger partial charge is 2.00 e. The molecule has 14 heavy (non-hydrogen) atoms. The molecule has 0 saturated carbocycles. The van der Waals surface area contributed by atoms with Gasteiger partial charge >= 0.3 is 66.8 Å². The number of hydrogen-bond acceptors (Lipinski definition) is 3. The van der Waals surface area contributed by atoms with Crippen molar-refractivity contribution < 1.29 is 32.6 Å². The molecule has 0 amide bonds. The number of aliphatic carboxylic acids is 3. The molecule has 0 unspecified atom stereocenters. The van der Waals surface area contributed by atoms with E-state index in [0.717, 1.165) is 6.08 Å². The van der Waals surface area contributed by atoms with E-state index in [1.807, 2.05) is 0 Å². The Kier molecular flexibility index (Phi) is 17.0. The van der Waals surface area contributed by atoms with Crippen molar-refractivity contribution in [3.05, 3.63) is 24.8 Å². The van der Waals surface area contributed by atoms with Crippen LogP contribution in [0.1, 0.15) is 2.85 Å². The summed E-state index contributed by atoms with van der Waals surface area (Å²) in [5.41, 5.74) is 0. The number of hydrogen-bond donors (Lipinski definition) is 3. The number of carbonyl (C=O) groups is 3. The van der Waals surface area contributed by atoms with Crippen molar-refractivity contribution in [1.29, 1.82) is 0 Å². The Morgan fingerprint density at radius 3 is 1.21 bits per heavy atom. The molecule has 76 valence electrons. The standard InChI is InChI=1S/C4H4O4.C3H4O2.Ba.2H/c5-3(6)1-2-4(7)8;1-2-3(4)5;;;/h1-2H,(H,5,6)(H,7,8);2H,1H2,(H,4,5);;;/q;;+2;2*-1/b2-1-;;;;. The summed E-state index contributed by atoms with van der Waals surface area (Å²) >= 11 is 0. The molecule has 0 heterocycles. The van der Waals surface area contributed by atoms with Gasteiger partial charge in [-0.25, -0.2) is 14.4 Å². The van der Waals surface area contributed by atoms with Crippen LogP contribution >= 0.6 is 0 Å². The fourth-order valence-electron chi connectivity index (χ4n) is 0.143. The summed E-state index contributed by atoms with van der Waals surface area (Å²) in [5.74, 6) is -3.50. The fourth-order valence-corrected chi connectivity index (χ4v) is 0.143. The summed E-state index contributed by atoms with van der Waals surface area (Å²) in [6.45, 7) is 2.96. The topological polar surface area (TPSA) is 112 Å². The molecule has 0 aliphatic rings. The van der Waals surface area contributed by atoms with Crippen molar-refractivity contribution in [2.45, 2.75) is 0 Å². The zero-order chi connectivity index (χ0) is 10.9. The summed E-state index contributed by atoms with van der Waals surface area (Å²) < 4.78 is 0. The summed E-state index contributed by atoms with van der Waals surface area (Å²) in [4.78, 5) is 28.4. The summed E-state index contributed by atoms with van der Waals surface area (Å²) in [7, 11) is 0. The van der Waals surface area contributed by atoms with E-state index >= 15 is 0 Å². The van der Waals surface area contributed by atoms with Gasteiger partial charge in [0.15, 0.2) is 0 Å². The maximum Gasteiger partial charge on any atom is 2.00 e. The molecule has 7 heteroatoms. The van der Waals surface area contributed by atoms with Crippen LogP contribution in [-0.2, 0) is 14.4 Å². The average molecular weight is 327 g/mol. The van der Waals surface area contributed by atoms with Crippen molar-refractivity contribution in [2.75, 3.05) is 0 Å². The molecule has 0 aliphatic carbocycles. The third-order valence-electron chi connectivity index (χ3n) is 0.543. The Labute approximate surface area is 123 Å². The first kappa shape index (κ1) is 19.1. The predicted molar refractivity (Wildman–Crippen MR) is 50.2 cm³/mol. The van der Waals surface area contributed by atoms with Crippen LogP contribution in [0.5, 0.6) is 0 Å². The van der Waals surface area contributed by atoms with Gasteiger partial charge in [-0.1, -0.05) is 6.58 Å². The van der Waals surface area contributed by atoms with Gasteiger partial charge < -0.3 is 18.2 Å². The first-order chi connectivity index (χ1) is 5.90. The Morgan fingerprint density at radius 1 is 0.929 bits per heavy atom. The normalized spacial score (nSPS) is 7.71. The number of carboxylic acids is 3. The van der Waals surface area contributed by atoms with Crippen molar-refractivity contribution in [3.63, 3.8) is 0 Å². The molecule has 0 bridgehead atoms. The minimum absolute atomic E-state index is 0. The molecule has 0 saturated heterocycles. The minimum atomic E-state index is -1.26. The van der Waals surface area contributed by atoms with Crippen molar-refractivity contribution in [1.82, 2.24) is 0 Å². The Morgan fingerprint density at radius 2 is 1.14 bits per heavy atom. The van der Waals surface area contributed by atoms with Crippen molar-refractivity contribution >= 4 is 66.8 Å². The molecule has 0 aromatic carbocycles. The molecule has 0 radical (unpaired) electrons. The summed E-state index contributed by atoms with van der Waals surface area (Å²) in [6, 6.07) is 0. The molecule has 0 aliphatic heterocycles. The maximum absolute atomic E-state index is 9.55. The zero-order valence-electron chi connectivity index (χ0n) is 9.21. The Balaban J connectivity index is -0.0000000454. The first-order valence-corrected chi connectivity index (χ1v) is 2.89. The molecule has 0 fully saturated rings. The fraction of sp³-hybridized carbons (Fsp3) is 0. The Bertz CT molecular complexity index is 237. The smallest absolute Gasteiger partial charge is 1.00 e. The molecular formula is C7H10BaO6. The van der Waals surface area contributed by atoms with Gasteiger partial charge in [-0.15, -0.1) is 0 Å². The van der Waals surface area contributed by atoms with E-state index in [4.69, 9.17) is 15.3 Å². The van der Waals surface area contributed by atoms with Crippen molar-refractivity contribution in [2.24, 2.45) is 0 Å². The molecular weight excluding hydrogens is 317 g/mol. The van der Waals surface area contributed by atoms with Gasteiger partial charge in [-0.05, 0) is 0 Å². The van der Waals surface area contributed by atoms with Gasteiger partial charge in [0.1, 0.15) is 0 Å². The SMILES string of the molecule is C=CC(=O)O.O=C(O)/C=C\C(=O)O.[Ba+2].[H-].[H-]. The minimum Gasteiger partial charge on any atom is -1.00 e. The average Bonchev–Trinajstić information content (AvgIpc) is 2.02. The van der Waals surface area contributed by atoms with E-state index in [1.165, 1.54) is 0 Å². The summed E-state index contributed by atoms with van der Waals surface area (Å²) in [6.07, 6.45) is 1.95. The second kappa shape index (κ2) is 12.5. The van der Waals surface area contributed by atoms with E-state index in [0.29, 0.717) is 12.2 Å². The van der Waals surface area contributed by atoms with E-state index in [9.17, 15) is 14.4 Å². The van der Waals surface area contributed by atoms with E-state index in [2.05, 4.69) is 6.58 Å². The first-order valence-electron chi connectivity index (χ1n) is 2.89. The van der Waals surface area contributed by atoms with Crippen LogP contribution < -0.4 is 0 Å². The molecule has 0 aromatic rings. The van der Waals surface area contributed by atoms with Gasteiger partial charge in [0.2, 0.25) is 0 Å². The van der Waals surface area contributed by atoms with Crippen molar-refractivity contribution in [3.8, 4) is 0 Å². The Hall–Kier alpha value is -0.539. The molecule has 0 atom stereocenters. The monoisotopic (exact) mass is 328 g/mol. The number of rotatable bonds is 3. The predicted octanol–water partition coefficient (Wildman–Crippen LogP) is -0.187. The second-order valence-electron chi connectivity index (χ2n) is 1.55. The van der Waals surface area contributed by atoms with Crippen LogP contribution in [0.3, 0.4) is 0 Å². The van der Waals surface area contributed by atoms with Gasteiger partial charge in [-0.3, -0.25) is 0 Å². The molecule has 0 spiro atoms. The molecule has 0 aromatic heterocycles. The third-order valence-corrected chi connectivity index (χ3v) is 0.543. The third kappa shape index (κ3) is 30.0. The van der Waals surface area contributed by atoms with E-state index < -0.39 is 17.9 Å². The second-order valence-corrected chi connectivity index (χ2v) is 1.55. The van der Waals surface area contributed by atoms with Crippen LogP contribution in [0.2, 0.25) is 0 Å². The molecule has 3 N–H and O–H groups in total. The van der Waals surface area contributed by atoms with Crippen LogP contribution in [0, 0.1) is 0 Å². The van der Waals surface area contributed by atoms with Crippen LogP contribution in [0.4, 0.5) is 0 Å². The van der Waals surface area contributed by atoms with Gasteiger partial charge in [0.25, 0.3) is 0 Å². The quantitative estimate of drug-likeness (QED) is 0.489. The van der Waals surface area contributed by atoms with Crippen LogP contribution in [0.15, 0.2) is 24.8 Å². The van der Waals surface area contributed by atoms with Gasteiger partial charge in [-0.2, -0.15) is 0 Å². The molecule has 6 nitrogen and oxygen atoms in total. The van der Waals surface area contributed by atoms with Gasteiger partial charge in [0, 0.05) is 18.2 Å². The van der Waals surface area contributed by atoms with Crippen LogP contribution in [0.25, 0.3) is 0 Å². The van der Waals surface area contributed by atoms with E-state index in [1.54, 1.807) is 0 Å². The number of carboxylic acid groups (broad SMARTS) is 3. The zero-order valence-corrected chi connectivity index (χ0v) is 11.7. The summed E-state index contributed by atoms with van der Waals surface area (Å²) in [5, 5.41) is 23.2. The van der Waals surface area contributed by atoms with Crippen LogP contribution in [-0.4, -0.2) is 82.1 Å². The van der Waals surface area contributed by atoms with Gasteiger partial charge in [0.05, 0.1) is 0 Å². The van der Waals surface area contributed by atoms with E-state index in [-0.39, 0.29) is 51.7 Å². The maximum atomic E-state index is 9.55.